The highest BCUT2D eigenvalue weighted by Gasteiger charge is 2.87. The minimum Gasteiger partial charge on any atom is -0.458 e. The third-order valence-corrected chi connectivity index (χ3v) is 10.0. The van der Waals surface area contributed by atoms with E-state index in [1.54, 1.807) is 32.1 Å². The monoisotopic (exact) mass is 590 g/mol. The number of hydrogen-bond donors (Lipinski definition) is 2. The molecule has 232 valence electrons. The van der Waals surface area contributed by atoms with Crippen LogP contribution < -0.4 is 0 Å². The smallest absolute Gasteiger partial charge is 0.331 e. The molecule has 0 saturated heterocycles. The normalized spacial score (nSPS) is 36.5. The van der Waals surface area contributed by atoms with Gasteiger partial charge in [-0.25, -0.2) is 4.79 Å². The molecule has 0 radical (unpaired) electrons. The number of Topliss-reactive ketones (excluding diaryl/α,β-unsaturated/α-hetero) is 1. The van der Waals surface area contributed by atoms with E-state index in [-0.39, 0.29) is 12.4 Å². The van der Waals surface area contributed by atoms with Crippen molar-refractivity contribution in [2.75, 3.05) is 6.61 Å². The van der Waals surface area contributed by atoms with Gasteiger partial charge in [0.15, 0.2) is 11.4 Å². The Kier molecular flexibility index (Phi) is 9.67. The lowest BCUT2D eigenvalue weighted by molar-refractivity contribution is -0.217. The van der Waals surface area contributed by atoms with Crippen LogP contribution in [0.2, 0.25) is 0 Å². The maximum atomic E-state index is 13.2. The molecule has 4 aliphatic carbocycles. The Balaban J connectivity index is 1.62. The maximum Gasteiger partial charge on any atom is 0.331 e. The number of ketones is 1. The van der Waals surface area contributed by atoms with E-state index in [0.717, 1.165) is 12.8 Å². The summed E-state index contributed by atoms with van der Waals surface area (Å²) in [4.78, 5) is 38.8. The Bertz CT molecular complexity index is 1320. The minimum absolute atomic E-state index is 0.0409. The molecule has 0 aliphatic heterocycles. The summed E-state index contributed by atoms with van der Waals surface area (Å²) in [7, 11) is 0. The number of unbranched alkanes of at least 4 members (excludes halogenated alkanes) is 1. The standard InChI is InChI=1S/C36H46O7/c1-7-8-9-10-11-12-13-14-15-16-17-18-30(39)43-36-32(34(36,5)6)29-21-26(22-37)20-27-28(19-23(2)31(27)40)35(29,41)24(3)33(36)42-25(4)38/h9-19,21,24,27-29,32-33,37,41H,7-8,20,22H2,1-6H3/t24-,27-,28-,29+,32-,33-,35+,36-/m1/s1. The molecule has 0 spiro atoms. The average molecular weight is 591 g/mol. The van der Waals surface area contributed by atoms with E-state index in [1.807, 2.05) is 56.4 Å². The average Bonchev–Trinajstić information content (AvgIpc) is 3.35. The Morgan fingerprint density at radius 1 is 1.02 bits per heavy atom. The summed E-state index contributed by atoms with van der Waals surface area (Å²) in [5.74, 6) is -3.83. The summed E-state index contributed by atoms with van der Waals surface area (Å²) >= 11 is 0. The zero-order valence-electron chi connectivity index (χ0n) is 26.2. The van der Waals surface area contributed by atoms with Crippen molar-refractivity contribution in [3.05, 3.63) is 84.1 Å². The molecule has 43 heavy (non-hydrogen) atoms. The second-order valence-corrected chi connectivity index (χ2v) is 12.9. The molecule has 2 fully saturated rings. The number of carbonyl (C=O) groups excluding carboxylic acids is 3. The molecule has 8 atom stereocenters. The molecule has 0 aromatic rings. The van der Waals surface area contributed by atoms with Crippen molar-refractivity contribution in [1.29, 1.82) is 0 Å². The van der Waals surface area contributed by atoms with Crippen LogP contribution in [0.15, 0.2) is 84.1 Å². The van der Waals surface area contributed by atoms with Gasteiger partial charge in [-0.05, 0) is 30.9 Å². The van der Waals surface area contributed by atoms with Gasteiger partial charge in [0.1, 0.15) is 6.10 Å². The first-order chi connectivity index (χ1) is 20.4. The Labute approximate surface area is 255 Å². The Hall–Kier alpha value is -3.29. The SMILES string of the molecule is CCCC=CC=CC=CC=CC=CC(=O)O[C@@]12[C@H](OC(C)=O)[C@@H](C)[C@]3(O)[C@@H]4C=C(C)C(=O)[C@@H]4CC(CO)=C[C@H]3[C@@H]1C2(C)C. The summed E-state index contributed by atoms with van der Waals surface area (Å²) in [6.07, 6.45) is 23.5. The van der Waals surface area contributed by atoms with Gasteiger partial charge < -0.3 is 19.7 Å². The van der Waals surface area contributed by atoms with Crippen molar-refractivity contribution in [2.24, 2.45) is 35.0 Å². The van der Waals surface area contributed by atoms with Gasteiger partial charge in [0.25, 0.3) is 0 Å². The molecule has 4 rings (SSSR count). The van der Waals surface area contributed by atoms with Crippen LogP contribution in [0.25, 0.3) is 0 Å². The summed E-state index contributed by atoms with van der Waals surface area (Å²) in [6.45, 7) is 10.7. The third kappa shape index (κ3) is 5.69. The van der Waals surface area contributed by atoms with Crippen LogP contribution >= 0.6 is 0 Å². The van der Waals surface area contributed by atoms with E-state index < -0.39 is 64.2 Å². The Morgan fingerprint density at radius 2 is 1.65 bits per heavy atom. The van der Waals surface area contributed by atoms with Gasteiger partial charge in [0.05, 0.1) is 12.2 Å². The lowest BCUT2D eigenvalue weighted by Gasteiger charge is -2.52. The fourth-order valence-corrected chi connectivity index (χ4v) is 8.00. The van der Waals surface area contributed by atoms with Crippen LogP contribution in [0.3, 0.4) is 0 Å². The quantitative estimate of drug-likeness (QED) is 0.149. The fourth-order valence-electron chi connectivity index (χ4n) is 8.00. The van der Waals surface area contributed by atoms with Crippen molar-refractivity contribution in [2.45, 2.75) is 78.1 Å². The fraction of sp³-hybridized carbons (Fsp3) is 0.528. The molecule has 0 unspecified atom stereocenters. The van der Waals surface area contributed by atoms with Crippen LogP contribution in [0, 0.1) is 35.0 Å². The second kappa shape index (κ2) is 12.7. The molecule has 4 aliphatic rings. The summed E-state index contributed by atoms with van der Waals surface area (Å²) in [5, 5.41) is 22.9. The zero-order valence-corrected chi connectivity index (χ0v) is 26.2. The van der Waals surface area contributed by atoms with Crippen LogP contribution in [0.1, 0.15) is 60.8 Å². The summed E-state index contributed by atoms with van der Waals surface area (Å²) in [5.41, 5.74) is -2.07. The van der Waals surface area contributed by atoms with Gasteiger partial charge in [-0.1, -0.05) is 101 Å². The largest absolute Gasteiger partial charge is 0.458 e. The van der Waals surface area contributed by atoms with E-state index in [2.05, 4.69) is 13.0 Å². The number of aliphatic hydroxyl groups excluding tert-OH is 1. The molecule has 0 bridgehead atoms. The molecular weight excluding hydrogens is 544 g/mol. The number of esters is 2. The van der Waals surface area contributed by atoms with Crippen molar-refractivity contribution in [1.82, 2.24) is 0 Å². The van der Waals surface area contributed by atoms with E-state index in [9.17, 15) is 24.6 Å². The molecular formula is C36H46O7. The number of rotatable bonds is 10. The molecule has 0 heterocycles. The lowest BCUT2D eigenvalue weighted by Crippen LogP contribution is -2.63. The Morgan fingerprint density at radius 3 is 2.26 bits per heavy atom. The first-order valence-electron chi connectivity index (χ1n) is 15.4. The molecule has 0 aromatic heterocycles. The van der Waals surface area contributed by atoms with E-state index >= 15 is 0 Å². The van der Waals surface area contributed by atoms with E-state index in [4.69, 9.17) is 9.47 Å². The zero-order chi connectivity index (χ0) is 31.6. The van der Waals surface area contributed by atoms with Gasteiger partial charge in [0.2, 0.25) is 0 Å². The molecule has 7 nitrogen and oxygen atoms in total. The molecule has 0 aromatic carbocycles. The summed E-state index contributed by atoms with van der Waals surface area (Å²) in [6, 6.07) is 0. The van der Waals surface area contributed by atoms with Crippen LogP contribution in [-0.4, -0.2) is 51.8 Å². The minimum atomic E-state index is -1.46. The van der Waals surface area contributed by atoms with Gasteiger partial charge in [-0.3, -0.25) is 9.59 Å². The highest BCUT2D eigenvalue weighted by molar-refractivity contribution is 6.00. The number of hydrogen-bond acceptors (Lipinski definition) is 7. The number of aliphatic hydroxyl groups is 2. The number of allylic oxidation sites excluding steroid dienone is 10. The van der Waals surface area contributed by atoms with Crippen molar-refractivity contribution < 1.29 is 34.1 Å². The first kappa shape index (κ1) is 32.6. The molecule has 2 saturated carbocycles. The summed E-state index contributed by atoms with van der Waals surface area (Å²) < 4.78 is 12.2. The molecule has 2 N–H and O–H groups in total. The molecule has 7 heteroatoms. The number of fused-ring (bicyclic) bond motifs is 5. The van der Waals surface area contributed by atoms with E-state index in [0.29, 0.717) is 17.6 Å². The topological polar surface area (TPSA) is 110 Å². The lowest BCUT2D eigenvalue weighted by atomic mass is 9.60. The van der Waals surface area contributed by atoms with Gasteiger partial charge >= 0.3 is 11.9 Å². The van der Waals surface area contributed by atoms with Gasteiger partial charge in [0, 0.05) is 48.0 Å². The van der Waals surface area contributed by atoms with Crippen molar-refractivity contribution >= 4 is 17.7 Å². The highest BCUT2D eigenvalue weighted by atomic mass is 16.6. The van der Waals surface area contributed by atoms with Crippen molar-refractivity contribution in [3.63, 3.8) is 0 Å². The number of ether oxygens (including phenoxy) is 2. The van der Waals surface area contributed by atoms with Crippen LogP contribution in [0.4, 0.5) is 0 Å². The predicted molar refractivity (Wildman–Crippen MR) is 165 cm³/mol. The van der Waals surface area contributed by atoms with E-state index in [1.165, 1.54) is 13.0 Å². The van der Waals surface area contributed by atoms with Crippen molar-refractivity contribution in [3.8, 4) is 0 Å². The molecule has 0 amide bonds. The highest BCUT2D eigenvalue weighted by Crippen LogP contribution is 2.76. The third-order valence-electron chi connectivity index (χ3n) is 10.0. The van der Waals surface area contributed by atoms with Crippen LogP contribution in [0.5, 0.6) is 0 Å². The van der Waals surface area contributed by atoms with Gasteiger partial charge in [-0.15, -0.1) is 0 Å². The van der Waals surface area contributed by atoms with Gasteiger partial charge in [-0.2, -0.15) is 0 Å². The number of carbonyl (C=O) groups is 3. The van der Waals surface area contributed by atoms with Crippen LogP contribution in [-0.2, 0) is 23.9 Å². The maximum absolute atomic E-state index is 13.2. The first-order valence-corrected chi connectivity index (χ1v) is 15.4. The predicted octanol–water partition coefficient (Wildman–Crippen LogP) is 5.52. The second-order valence-electron chi connectivity index (χ2n) is 12.9.